The van der Waals surface area contributed by atoms with Crippen LogP contribution in [0.1, 0.15) is 32.3 Å². The number of rotatable bonds is 8. The number of halogens is 3. The molecular weight excluding hydrogens is 431 g/mol. The first-order valence-corrected chi connectivity index (χ1v) is 10.1. The van der Waals surface area contributed by atoms with Crippen molar-refractivity contribution in [2.24, 2.45) is 5.92 Å². The molecule has 0 atom stereocenters. The fourth-order valence-corrected chi connectivity index (χ4v) is 3.51. The second-order valence-electron chi connectivity index (χ2n) is 7.69. The number of esters is 1. The molecule has 0 saturated carbocycles. The number of anilines is 1. The molecule has 0 N–H and O–H groups in total. The summed E-state index contributed by atoms with van der Waals surface area (Å²) in [4.78, 5) is 38.1. The van der Waals surface area contributed by atoms with Crippen LogP contribution in [-0.2, 0) is 20.5 Å². The number of nitro benzene ring substituents is 1. The van der Waals surface area contributed by atoms with E-state index in [0.29, 0.717) is 32.0 Å². The number of hydrogen-bond acceptors (Lipinski definition) is 6. The summed E-state index contributed by atoms with van der Waals surface area (Å²) in [6, 6.07) is 2.41. The number of amides is 1. The first-order chi connectivity index (χ1) is 14.9. The Hall–Kier alpha value is -3.11. The second kappa shape index (κ2) is 10.5. The van der Waals surface area contributed by atoms with Crippen molar-refractivity contribution in [3.63, 3.8) is 0 Å². The van der Waals surface area contributed by atoms with Crippen molar-refractivity contribution >= 4 is 23.3 Å². The predicted octanol–water partition coefficient (Wildman–Crippen LogP) is 3.80. The van der Waals surface area contributed by atoms with Crippen molar-refractivity contribution in [3.8, 4) is 0 Å². The van der Waals surface area contributed by atoms with Crippen molar-refractivity contribution in [3.05, 3.63) is 46.0 Å². The Morgan fingerprint density at radius 3 is 2.44 bits per heavy atom. The summed E-state index contributed by atoms with van der Waals surface area (Å²) in [5, 5.41) is 11.3. The summed E-state index contributed by atoms with van der Waals surface area (Å²) in [5.41, 5.74) is -0.855. The van der Waals surface area contributed by atoms with Gasteiger partial charge in [-0.25, -0.2) is 0 Å². The number of benzene rings is 1. The minimum atomic E-state index is -4.69. The third kappa shape index (κ3) is 6.44. The zero-order valence-electron chi connectivity index (χ0n) is 18.0. The van der Waals surface area contributed by atoms with E-state index in [1.807, 2.05) is 0 Å². The Morgan fingerprint density at radius 2 is 1.94 bits per heavy atom. The van der Waals surface area contributed by atoms with Crippen LogP contribution in [0.15, 0.2) is 30.4 Å². The molecule has 1 saturated heterocycles. The monoisotopic (exact) mass is 457 g/mol. The molecule has 1 aromatic carbocycles. The number of carbonyl (C=O) groups is 2. The van der Waals surface area contributed by atoms with Gasteiger partial charge in [0.2, 0.25) is 0 Å². The number of nitro groups is 1. The number of nitrogens with zero attached hydrogens (tertiary/aromatic N) is 3. The number of piperidine rings is 1. The van der Waals surface area contributed by atoms with Gasteiger partial charge in [-0.05, 0) is 38.8 Å². The Labute approximate surface area is 183 Å². The highest BCUT2D eigenvalue weighted by atomic mass is 19.4. The average molecular weight is 457 g/mol. The lowest BCUT2D eigenvalue weighted by molar-refractivity contribution is -0.384. The highest BCUT2D eigenvalue weighted by Gasteiger charge is 2.35. The summed E-state index contributed by atoms with van der Waals surface area (Å²) in [7, 11) is 0. The summed E-state index contributed by atoms with van der Waals surface area (Å²) in [5.74, 6) is -1.36. The molecule has 176 valence electrons. The van der Waals surface area contributed by atoms with Crippen LogP contribution >= 0.6 is 0 Å². The van der Waals surface area contributed by atoms with Gasteiger partial charge in [-0.15, -0.1) is 0 Å². The van der Waals surface area contributed by atoms with Crippen LogP contribution < -0.4 is 4.90 Å². The molecule has 2 rings (SSSR count). The van der Waals surface area contributed by atoms with E-state index in [1.165, 1.54) is 4.90 Å². The van der Waals surface area contributed by atoms with E-state index < -0.39 is 34.2 Å². The van der Waals surface area contributed by atoms with Gasteiger partial charge in [0.25, 0.3) is 11.6 Å². The molecule has 1 heterocycles. The second-order valence-corrected chi connectivity index (χ2v) is 7.69. The summed E-state index contributed by atoms with van der Waals surface area (Å²) in [6.07, 6.45) is -4.09. The maximum Gasteiger partial charge on any atom is 0.416 e. The van der Waals surface area contributed by atoms with Crippen molar-refractivity contribution < 1.29 is 32.4 Å². The van der Waals surface area contributed by atoms with Gasteiger partial charge in [-0.2, -0.15) is 13.2 Å². The predicted molar refractivity (Wildman–Crippen MR) is 111 cm³/mol. The van der Waals surface area contributed by atoms with Crippen molar-refractivity contribution in [1.29, 1.82) is 0 Å². The number of hydrogen-bond donors (Lipinski definition) is 0. The molecule has 0 spiro atoms. The Balaban J connectivity index is 1.97. The quantitative estimate of drug-likeness (QED) is 0.255. The minimum Gasteiger partial charge on any atom is -0.455 e. The molecule has 8 nitrogen and oxygen atoms in total. The number of ether oxygens (including phenoxy) is 1. The van der Waals surface area contributed by atoms with Gasteiger partial charge in [0.15, 0.2) is 6.61 Å². The summed E-state index contributed by atoms with van der Waals surface area (Å²) in [6.45, 7) is 8.25. The SMILES string of the molecule is C=C(C)CN(CC)C(=O)COC(=O)C1CCN(c2ccc(C(F)(F)F)cc2[N+](=O)[O-])CC1. The molecule has 1 aliphatic rings. The van der Waals surface area contributed by atoms with E-state index in [0.717, 1.165) is 17.7 Å². The molecule has 0 aliphatic carbocycles. The lowest BCUT2D eigenvalue weighted by Gasteiger charge is -2.32. The Bertz CT molecular complexity index is 880. The molecular formula is C21H26F3N3O5. The molecule has 0 bridgehead atoms. The van der Waals surface area contributed by atoms with Gasteiger partial charge in [-0.1, -0.05) is 12.2 Å². The standard InChI is InChI=1S/C21H26F3N3O5/c1-4-25(12-14(2)3)19(28)13-32-20(29)15-7-9-26(10-8-15)17-6-5-16(21(22,23)24)11-18(17)27(30)31/h5-6,11,15H,2,4,7-10,12-13H2,1,3H3. The number of likely N-dealkylation sites (N-methyl/N-ethyl adjacent to an activating group) is 1. The van der Waals surface area contributed by atoms with E-state index in [2.05, 4.69) is 6.58 Å². The molecule has 0 aromatic heterocycles. The minimum absolute atomic E-state index is 0.0726. The fraction of sp³-hybridized carbons (Fsp3) is 0.524. The smallest absolute Gasteiger partial charge is 0.416 e. The highest BCUT2D eigenvalue weighted by molar-refractivity contribution is 5.81. The van der Waals surface area contributed by atoms with Crippen molar-refractivity contribution in [1.82, 2.24) is 4.90 Å². The lowest BCUT2D eigenvalue weighted by atomic mass is 9.96. The normalized spacial score (nSPS) is 14.7. The van der Waals surface area contributed by atoms with Crippen molar-refractivity contribution in [2.45, 2.75) is 32.9 Å². The van der Waals surface area contributed by atoms with Gasteiger partial charge >= 0.3 is 12.1 Å². The zero-order chi connectivity index (χ0) is 24.1. The highest BCUT2D eigenvalue weighted by Crippen LogP contribution is 2.37. The molecule has 0 radical (unpaired) electrons. The molecule has 32 heavy (non-hydrogen) atoms. The zero-order valence-corrected chi connectivity index (χ0v) is 18.0. The van der Waals surface area contributed by atoms with Gasteiger partial charge < -0.3 is 14.5 Å². The van der Waals surface area contributed by atoms with E-state index >= 15 is 0 Å². The van der Waals surface area contributed by atoms with Gasteiger partial charge in [0, 0.05) is 32.2 Å². The van der Waals surface area contributed by atoms with E-state index in [9.17, 15) is 32.9 Å². The van der Waals surface area contributed by atoms with E-state index in [1.54, 1.807) is 18.7 Å². The largest absolute Gasteiger partial charge is 0.455 e. The maximum atomic E-state index is 12.9. The fourth-order valence-electron chi connectivity index (χ4n) is 3.51. The van der Waals surface area contributed by atoms with E-state index in [-0.39, 0.29) is 31.3 Å². The number of alkyl halides is 3. The molecule has 0 unspecified atom stereocenters. The third-order valence-electron chi connectivity index (χ3n) is 5.20. The van der Waals surface area contributed by atoms with Crippen LogP contribution in [0, 0.1) is 16.0 Å². The summed E-state index contributed by atoms with van der Waals surface area (Å²) >= 11 is 0. The Morgan fingerprint density at radius 1 is 1.31 bits per heavy atom. The van der Waals surface area contributed by atoms with Crippen LogP contribution in [-0.4, -0.2) is 54.5 Å². The Kier molecular flexibility index (Phi) is 8.23. The molecule has 1 aromatic rings. The number of carbonyl (C=O) groups excluding carboxylic acids is 2. The van der Waals surface area contributed by atoms with Crippen molar-refractivity contribution in [2.75, 3.05) is 37.7 Å². The lowest BCUT2D eigenvalue weighted by Crippen LogP contribution is -2.39. The van der Waals surface area contributed by atoms with Crippen LogP contribution in [0.3, 0.4) is 0 Å². The van der Waals surface area contributed by atoms with E-state index in [4.69, 9.17) is 4.74 Å². The van der Waals surface area contributed by atoms with Crippen LogP contribution in [0.25, 0.3) is 0 Å². The van der Waals surface area contributed by atoms with Gasteiger partial charge in [0.05, 0.1) is 16.4 Å². The molecule has 1 amide bonds. The maximum absolute atomic E-state index is 12.9. The van der Waals surface area contributed by atoms with Gasteiger partial charge in [0.1, 0.15) is 5.69 Å². The average Bonchev–Trinajstić information content (AvgIpc) is 2.74. The molecule has 1 fully saturated rings. The summed E-state index contributed by atoms with van der Waals surface area (Å²) < 4.78 is 43.8. The van der Waals surface area contributed by atoms with Gasteiger partial charge in [-0.3, -0.25) is 19.7 Å². The molecule has 1 aliphatic heterocycles. The first-order valence-electron chi connectivity index (χ1n) is 10.1. The molecule has 11 heteroatoms. The first kappa shape index (κ1) is 25.2. The third-order valence-corrected chi connectivity index (χ3v) is 5.20. The van der Waals surface area contributed by atoms with Crippen LogP contribution in [0.4, 0.5) is 24.5 Å². The van der Waals surface area contributed by atoms with Crippen LogP contribution in [0.2, 0.25) is 0 Å². The topological polar surface area (TPSA) is 93.0 Å². The van der Waals surface area contributed by atoms with Crippen LogP contribution in [0.5, 0.6) is 0 Å².